The van der Waals surface area contributed by atoms with Crippen LogP contribution in [0.3, 0.4) is 0 Å². The molecule has 0 bridgehead atoms. The summed E-state index contributed by atoms with van der Waals surface area (Å²) in [6, 6.07) is 6.48. The first-order valence-corrected chi connectivity index (χ1v) is 6.51. The number of hydrogen-bond acceptors (Lipinski definition) is 4. The van der Waals surface area contributed by atoms with Gasteiger partial charge in [0.15, 0.2) is 0 Å². The summed E-state index contributed by atoms with van der Waals surface area (Å²) in [5.41, 5.74) is 0.588. The van der Waals surface area contributed by atoms with Crippen molar-refractivity contribution in [3.8, 4) is 6.07 Å². The fourth-order valence-electron chi connectivity index (χ4n) is 2.20. The van der Waals surface area contributed by atoms with Gasteiger partial charge in [0.05, 0.1) is 18.4 Å². The van der Waals surface area contributed by atoms with Gasteiger partial charge in [-0.3, -0.25) is 4.90 Å². The average molecular weight is 263 g/mol. The maximum absolute atomic E-state index is 13.4. The molecule has 1 N–H and O–H groups in total. The molecular weight excluding hydrogens is 245 g/mol. The van der Waals surface area contributed by atoms with Crippen molar-refractivity contribution in [2.24, 2.45) is 0 Å². The fraction of sp³-hybridized carbons (Fsp3) is 0.500. The highest BCUT2D eigenvalue weighted by molar-refractivity contribution is 5.57. The van der Waals surface area contributed by atoms with Crippen LogP contribution in [0.2, 0.25) is 0 Å². The van der Waals surface area contributed by atoms with E-state index >= 15 is 0 Å². The third kappa shape index (κ3) is 3.43. The lowest BCUT2D eigenvalue weighted by Crippen LogP contribution is -2.45. The molecule has 4 nitrogen and oxygen atoms in total. The van der Waals surface area contributed by atoms with Gasteiger partial charge in [-0.2, -0.15) is 5.26 Å². The lowest BCUT2D eigenvalue weighted by Gasteiger charge is -2.32. The van der Waals surface area contributed by atoms with Crippen LogP contribution in [0.1, 0.15) is 12.5 Å². The highest BCUT2D eigenvalue weighted by Gasteiger charge is 2.19. The summed E-state index contributed by atoms with van der Waals surface area (Å²) in [5.74, 6) is -0.493. The first kappa shape index (κ1) is 13.8. The van der Waals surface area contributed by atoms with E-state index in [4.69, 9.17) is 10.00 Å². The molecule has 1 aromatic rings. The van der Waals surface area contributed by atoms with Crippen molar-refractivity contribution in [3.63, 3.8) is 0 Å². The zero-order valence-electron chi connectivity index (χ0n) is 11.0. The molecule has 1 aromatic carbocycles. The number of nitrogens with zero attached hydrogens (tertiary/aromatic N) is 2. The second-order valence-corrected chi connectivity index (χ2v) is 4.54. The Bertz CT molecular complexity index is 472. The quantitative estimate of drug-likeness (QED) is 0.900. The van der Waals surface area contributed by atoms with Crippen LogP contribution >= 0.6 is 0 Å². The lowest BCUT2D eigenvalue weighted by atomic mass is 10.1. The Kier molecular flexibility index (Phi) is 4.72. The minimum absolute atomic E-state index is 0.0608. The van der Waals surface area contributed by atoms with Crippen LogP contribution in [-0.2, 0) is 4.74 Å². The number of halogens is 1. The second kappa shape index (κ2) is 6.50. The zero-order chi connectivity index (χ0) is 13.7. The van der Waals surface area contributed by atoms with Gasteiger partial charge < -0.3 is 10.1 Å². The summed E-state index contributed by atoms with van der Waals surface area (Å²) >= 11 is 0. The molecule has 0 radical (unpaired) electrons. The third-order valence-corrected chi connectivity index (χ3v) is 3.32. The minimum atomic E-state index is -0.493. The molecule has 1 atom stereocenters. The minimum Gasteiger partial charge on any atom is -0.381 e. The van der Waals surface area contributed by atoms with Crippen molar-refractivity contribution in [3.05, 3.63) is 29.6 Å². The molecule has 0 spiro atoms. The molecule has 0 aromatic heterocycles. The van der Waals surface area contributed by atoms with Gasteiger partial charge in [-0.15, -0.1) is 0 Å². The molecule has 5 heteroatoms. The van der Waals surface area contributed by atoms with E-state index in [2.05, 4.69) is 17.1 Å². The molecule has 102 valence electrons. The highest BCUT2D eigenvalue weighted by atomic mass is 19.1. The molecule has 1 saturated heterocycles. The molecule has 19 heavy (non-hydrogen) atoms. The van der Waals surface area contributed by atoms with Gasteiger partial charge in [0.2, 0.25) is 0 Å². The average Bonchev–Trinajstić information content (AvgIpc) is 2.45. The summed E-state index contributed by atoms with van der Waals surface area (Å²) in [6.45, 7) is 6.24. The predicted octanol–water partition coefficient (Wildman–Crippen LogP) is 1.83. The number of ether oxygens (including phenoxy) is 1. The van der Waals surface area contributed by atoms with Crippen molar-refractivity contribution in [1.29, 1.82) is 5.26 Å². The number of likely N-dealkylation sites (N-methyl/N-ethyl adjacent to an activating group) is 1. The van der Waals surface area contributed by atoms with Crippen LogP contribution in [0.5, 0.6) is 0 Å². The van der Waals surface area contributed by atoms with E-state index < -0.39 is 5.82 Å². The smallest absolute Gasteiger partial charge is 0.143 e. The van der Waals surface area contributed by atoms with Crippen LogP contribution in [0.4, 0.5) is 10.1 Å². The van der Waals surface area contributed by atoms with E-state index in [1.54, 1.807) is 12.1 Å². The SMILES string of the molecule is CCN1CCOC(CNc2cccc(F)c2C#N)C1. The number of morpholine rings is 1. The standard InChI is InChI=1S/C14H18FN3O/c1-2-18-6-7-19-11(10-18)9-17-14-5-3-4-13(15)12(14)8-16/h3-5,11,17H,2,6-7,9-10H2,1H3. The van der Waals surface area contributed by atoms with Gasteiger partial charge in [-0.25, -0.2) is 4.39 Å². The van der Waals surface area contributed by atoms with Gasteiger partial charge in [-0.05, 0) is 18.7 Å². The van der Waals surface area contributed by atoms with E-state index in [-0.39, 0.29) is 11.7 Å². The zero-order valence-corrected chi connectivity index (χ0v) is 11.0. The molecular formula is C14H18FN3O. The molecule has 1 aliphatic heterocycles. The van der Waals surface area contributed by atoms with E-state index in [0.29, 0.717) is 18.8 Å². The highest BCUT2D eigenvalue weighted by Crippen LogP contribution is 2.18. The first-order valence-electron chi connectivity index (χ1n) is 6.51. The normalized spacial score (nSPS) is 19.9. The maximum Gasteiger partial charge on any atom is 0.143 e. The molecule has 0 amide bonds. The van der Waals surface area contributed by atoms with Gasteiger partial charge in [0.1, 0.15) is 17.4 Å². The van der Waals surface area contributed by atoms with Crippen LogP contribution < -0.4 is 5.32 Å². The van der Waals surface area contributed by atoms with E-state index in [1.807, 2.05) is 6.07 Å². The predicted molar refractivity (Wildman–Crippen MR) is 71.5 cm³/mol. The van der Waals surface area contributed by atoms with Crippen LogP contribution in [0.25, 0.3) is 0 Å². The summed E-state index contributed by atoms with van der Waals surface area (Å²) in [4.78, 5) is 2.31. The maximum atomic E-state index is 13.4. The summed E-state index contributed by atoms with van der Waals surface area (Å²) in [7, 11) is 0. The number of nitrogens with one attached hydrogen (secondary N) is 1. The Morgan fingerprint density at radius 3 is 3.16 bits per heavy atom. The Morgan fingerprint density at radius 1 is 1.58 bits per heavy atom. The van der Waals surface area contributed by atoms with Gasteiger partial charge >= 0.3 is 0 Å². The second-order valence-electron chi connectivity index (χ2n) is 4.54. The number of hydrogen-bond donors (Lipinski definition) is 1. The molecule has 1 fully saturated rings. The lowest BCUT2D eigenvalue weighted by molar-refractivity contribution is -0.0191. The Morgan fingerprint density at radius 2 is 2.42 bits per heavy atom. The molecule has 1 unspecified atom stereocenters. The monoisotopic (exact) mass is 263 g/mol. The third-order valence-electron chi connectivity index (χ3n) is 3.32. The molecule has 1 aliphatic rings. The van der Waals surface area contributed by atoms with Crippen molar-refractivity contribution < 1.29 is 9.13 Å². The Hall–Kier alpha value is -1.64. The van der Waals surface area contributed by atoms with Crippen molar-refractivity contribution in [2.45, 2.75) is 13.0 Å². The van der Waals surface area contributed by atoms with Crippen molar-refractivity contribution >= 4 is 5.69 Å². The van der Waals surface area contributed by atoms with Crippen LogP contribution in [0.15, 0.2) is 18.2 Å². The summed E-state index contributed by atoms with van der Waals surface area (Å²) in [5, 5.41) is 12.1. The van der Waals surface area contributed by atoms with Crippen LogP contribution in [-0.4, -0.2) is 43.8 Å². The Labute approximate surface area is 112 Å². The summed E-state index contributed by atoms with van der Waals surface area (Å²) < 4.78 is 19.1. The molecule has 0 saturated carbocycles. The topological polar surface area (TPSA) is 48.3 Å². The van der Waals surface area contributed by atoms with E-state index in [9.17, 15) is 4.39 Å². The number of rotatable bonds is 4. The fourth-order valence-corrected chi connectivity index (χ4v) is 2.20. The van der Waals surface area contributed by atoms with Crippen LogP contribution in [0, 0.1) is 17.1 Å². The largest absolute Gasteiger partial charge is 0.381 e. The molecule has 2 rings (SSSR count). The van der Waals surface area contributed by atoms with E-state index in [1.165, 1.54) is 6.07 Å². The molecule has 0 aliphatic carbocycles. The number of benzene rings is 1. The van der Waals surface area contributed by atoms with Gasteiger partial charge in [0, 0.05) is 19.6 Å². The first-order chi connectivity index (χ1) is 9.24. The Balaban J connectivity index is 1.96. The number of anilines is 1. The van der Waals surface area contributed by atoms with E-state index in [0.717, 1.165) is 19.6 Å². The summed E-state index contributed by atoms with van der Waals surface area (Å²) in [6.07, 6.45) is 0.0727. The molecule has 1 heterocycles. The number of nitriles is 1. The van der Waals surface area contributed by atoms with Crippen molar-refractivity contribution in [1.82, 2.24) is 4.90 Å². The van der Waals surface area contributed by atoms with Gasteiger partial charge in [0.25, 0.3) is 0 Å². The van der Waals surface area contributed by atoms with Crippen molar-refractivity contribution in [2.75, 3.05) is 38.1 Å². The van der Waals surface area contributed by atoms with Gasteiger partial charge in [-0.1, -0.05) is 13.0 Å².